The normalized spacial score (nSPS) is 10.5. The molecule has 0 aliphatic heterocycles. The Balaban J connectivity index is 2.07. The molecular weight excluding hydrogens is 292 g/mol. The van der Waals surface area contributed by atoms with Crippen LogP contribution >= 0.6 is 39.0 Å². The van der Waals surface area contributed by atoms with E-state index >= 15 is 0 Å². The summed E-state index contributed by atoms with van der Waals surface area (Å²) in [7, 11) is 0. The summed E-state index contributed by atoms with van der Waals surface area (Å²) in [6, 6.07) is 5.89. The van der Waals surface area contributed by atoms with E-state index in [-0.39, 0.29) is 0 Å². The number of halogens is 1. The average Bonchev–Trinajstić information content (AvgIpc) is 2.72. The Morgan fingerprint density at radius 1 is 1.47 bits per heavy atom. The smallest absolute Gasteiger partial charge is 0.0795 e. The summed E-state index contributed by atoms with van der Waals surface area (Å²) in [6.45, 7) is 0. The molecule has 0 aliphatic rings. The largest absolute Gasteiger partial charge is 0.398 e. The van der Waals surface area contributed by atoms with Gasteiger partial charge in [-0.3, -0.25) is 0 Å². The van der Waals surface area contributed by atoms with Crippen LogP contribution in [0.15, 0.2) is 38.5 Å². The van der Waals surface area contributed by atoms with Crippen LogP contribution in [0.4, 0.5) is 5.69 Å². The first-order chi connectivity index (χ1) is 7.25. The average molecular weight is 301 g/mol. The first kappa shape index (κ1) is 11.0. The van der Waals surface area contributed by atoms with Gasteiger partial charge >= 0.3 is 0 Å². The summed E-state index contributed by atoms with van der Waals surface area (Å²) in [4.78, 5) is 5.32. The lowest BCUT2D eigenvalue weighted by molar-refractivity contribution is 1.23. The lowest BCUT2D eigenvalue weighted by Gasteiger charge is -2.04. The van der Waals surface area contributed by atoms with E-state index in [0.29, 0.717) is 0 Å². The van der Waals surface area contributed by atoms with Crippen LogP contribution in [0.1, 0.15) is 5.69 Å². The molecule has 0 fully saturated rings. The van der Waals surface area contributed by atoms with Crippen molar-refractivity contribution in [3.05, 3.63) is 39.3 Å². The minimum absolute atomic E-state index is 0.818. The van der Waals surface area contributed by atoms with Gasteiger partial charge < -0.3 is 5.73 Å². The van der Waals surface area contributed by atoms with Crippen molar-refractivity contribution in [2.75, 3.05) is 5.73 Å². The lowest BCUT2D eigenvalue weighted by Crippen LogP contribution is -1.88. The topological polar surface area (TPSA) is 38.9 Å². The number of thiazole rings is 1. The van der Waals surface area contributed by atoms with Crippen LogP contribution in [0.5, 0.6) is 0 Å². The SMILES string of the molecule is Nc1ccc(Br)cc1SCc1cscn1. The van der Waals surface area contributed by atoms with Crippen molar-refractivity contribution >= 4 is 44.7 Å². The third-order valence-electron chi connectivity index (χ3n) is 1.83. The van der Waals surface area contributed by atoms with E-state index in [9.17, 15) is 0 Å². The molecule has 2 nitrogen and oxygen atoms in total. The van der Waals surface area contributed by atoms with Crippen molar-refractivity contribution in [1.29, 1.82) is 0 Å². The van der Waals surface area contributed by atoms with E-state index < -0.39 is 0 Å². The monoisotopic (exact) mass is 300 g/mol. The second kappa shape index (κ2) is 5.01. The number of hydrogen-bond acceptors (Lipinski definition) is 4. The van der Waals surface area contributed by atoms with Gasteiger partial charge in [0.15, 0.2) is 0 Å². The van der Waals surface area contributed by atoms with E-state index in [1.165, 1.54) is 0 Å². The van der Waals surface area contributed by atoms with Gasteiger partial charge in [-0.15, -0.1) is 23.1 Å². The fourth-order valence-corrected chi connectivity index (χ4v) is 3.18. The van der Waals surface area contributed by atoms with Crippen molar-refractivity contribution in [3.8, 4) is 0 Å². The fraction of sp³-hybridized carbons (Fsp3) is 0.100. The molecule has 2 rings (SSSR count). The molecule has 78 valence electrons. The molecule has 2 N–H and O–H groups in total. The van der Waals surface area contributed by atoms with Crippen LogP contribution in [-0.2, 0) is 5.75 Å². The van der Waals surface area contributed by atoms with Gasteiger partial charge in [0.1, 0.15) is 0 Å². The van der Waals surface area contributed by atoms with Gasteiger partial charge in [0.05, 0.1) is 11.2 Å². The molecule has 0 aliphatic carbocycles. The van der Waals surface area contributed by atoms with E-state index in [0.717, 1.165) is 26.5 Å². The molecule has 1 aromatic heterocycles. The number of nitrogens with two attached hydrogens (primary N) is 1. The maximum Gasteiger partial charge on any atom is 0.0795 e. The molecule has 0 radical (unpaired) electrons. The zero-order chi connectivity index (χ0) is 10.7. The van der Waals surface area contributed by atoms with E-state index in [1.54, 1.807) is 23.1 Å². The molecule has 15 heavy (non-hydrogen) atoms. The Morgan fingerprint density at radius 2 is 2.33 bits per heavy atom. The molecule has 0 saturated carbocycles. The van der Waals surface area contributed by atoms with Gasteiger partial charge in [-0.1, -0.05) is 15.9 Å². The number of thioether (sulfide) groups is 1. The summed E-state index contributed by atoms with van der Waals surface area (Å²) in [6.07, 6.45) is 0. The van der Waals surface area contributed by atoms with Crippen molar-refractivity contribution in [2.45, 2.75) is 10.6 Å². The van der Waals surface area contributed by atoms with Gasteiger partial charge in [-0.05, 0) is 18.2 Å². The van der Waals surface area contributed by atoms with Gasteiger partial charge in [0.2, 0.25) is 0 Å². The summed E-state index contributed by atoms with van der Waals surface area (Å²) in [5, 5.41) is 2.06. The summed E-state index contributed by atoms with van der Waals surface area (Å²) in [5.41, 5.74) is 9.64. The number of nitrogens with zero attached hydrogens (tertiary/aromatic N) is 1. The van der Waals surface area contributed by atoms with Crippen LogP contribution in [0.2, 0.25) is 0 Å². The zero-order valence-corrected chi connectivity index (χ0v) is 11.0. The number of benzene rings is 1. The second-order valence-electron chi connectivity index (χ2n) is 2.95. The Kier molecular flexibility index (Phi) is 3.66. The van der Waals surface area contributed by atoms with Crippen molar-refractivity contribution in [3.63, 3.8) is 0 Å². The molecular formula is C10H9BrN2S2. The van der Waals surface area contributed by atoms with Crippen molar-refractivity contribution in [2.24, 2.45) is 0 Å². The van der Waals surface area contributed by atoms with Crippen LogP contribution < -0.4 is 5.73 Å². The molecule has 5 heteroatoms. The zero-order valence-electron chi connectivity index (χ0n) is 7.81. The highest BCUT2D eigenvalue weighted by Gasteiger charge is 2.02. The third-order valence-corrected chi connectivity index (χ3v) is 4.07. The lowest BCUT2D eigenvalue weighted by atomic mass is 10.3. The molecule has 0 unspecified atom stereocenters. The number of hydrogen-bond donors (Lipinski definition) is 1. The predicted octanol–water partition coefficient (Wildman–Crippen LogP) is 3.78. The minimum atomic E-state index is 0.818. The number of rotatable bonds is 3. The predicted molar refractivity (Wildman–Crippen MR) is 70.2 cm³/mol. The highest BCUT2D eigenvalue weighted by molar-refractivity contribution is 9.10. The van der Waals surface area contributed by atoms with Crippen molar-refractivity contribution in [1.82, 2.24) is 4.98 Å². The van der Waals surface area contributed by atoms with Crippen LogP contribution in [-0.4, -0.2) is 4.98 Å². The van der Waals surface area contributed by atoms with Crippen LogP contribution in [0.3, 0.4) is 0 Å². The first-order valence-electron chi connectivity index (χ1n) is 4.30. The van der Waals surface area contributed by atoms with Crippen LogP contribution in [0.25, 0.3) is 0 Å². The third kappa shape index (κ3) is 2.96. The van der Waals surface area contributed by atoms with E-state index in [2.05, 4.69) is 26.3 Å². The molecule has 0 saturated heterocycles. The summed E-state index contributed by atoms with van der Waals surface area (Å²) < 4.78 is 1.05. The molecule has 0 spiro atoms. The standard InChI is InChI=1S/C10H9BrN2S2/c11-7-1-2-9(12)10(3-7)15-5-8-4-14-6-13-8/h1-4,6H,5,12H2. The maximum atomic E-state index is 5.87. The first-order valence-corrected chi connectivity index (χ1v) is 7.03. The van der Waals surface area contributed by atoms with Gasteiger partial charge in [0.25, 0.3) is 0 Å². The number of aromatic nitrogens is 1. The molecule has 1 heterocycles. The quantitative estimate of drug-likeness (QED) is 0.692. The minimum Gasteiger partial charge on any atom is -0.398 e. The second-order valence-corrected chi connectivity index (χ2v) is 5.60. The maximum absolute atomic E-state index is 5.87. The van der Waals surface area contributed by atoms with Gasteiger partial charge in [-0.2, -0.15) is 0 Å². The summed E-state index contributed by atoms with van der Waals surface area (Å²) in [5.74, 6) is 0.865. The van der Waals surface area contributed by atoms with Crippen molar-refractivity contribution < 1.29 is 0 Å². The summed E-state index contributed by atoms with van der Waals surface area (Å²) >= 11 is 6.76. The Morgan fingerprint density at radius 3 is 3.07 bits per heavy atom. The Hall–Kier alpha value is -0.520. The fourth-order valence-electron chi connectivity index (χ4n) is 1.09. The molecule has 2 aromatic rings. The number of nitrogen functional groups attached to an aromatic ring is 1. The van der Waals surface area contributed by atoms with Gasteiger partial charge in [0, 0.05) is 26.2 Å². The molecule has 1 aromatic carbocycles. The Labute approximate surface area is 105 Å². The van der Waals surface area contributed by atoms with E-state index in [1.807, 2.05) is 23.7 Å². The highest BCUT2D eigenvalue weighted by Crippen LogP contribution is 2.30. The van der Waals surface area contributed by atoms with Gasteiger partial charge in [-0.25, -0.2) is 4.98 Å². The highest BCUT2D eigenvalue weighted by atomic mass is 79.9. The molecule has 0 atom stereocenters. The molecule has 0 bridgehead atoms. The molecule has 0 amide bonds. The number of anilines is 1. The Bertz CT molecular complexity index is 443. The van der Waals surface area contributed by atoms with E-state index in [4.69, 9.17) is 5.73 Å². The van der Waals surface area contributed by atoms with Crippen LogP contribution in [0, 0.1) is 0 Å².